The van der Waals surface area contributed by atoms with Crippen LogP contribution in [-0.4, -0.2) is 47.9 Å². The van der Waals surface area contributed by atoms with Gasteiger partial charge in [-0.15, -0.1) is 0 Å². The molecule has 2 aliphatic rings. The first kappa shape index (κ1) is 16.6. The van der Waals surface area contributed by atoms with Crippen molar-refractivity contribution in [3.8, 4) is 0 Å². The second-order valence-corrected chi connectivity index (χ2v) is 6.78. The van der Waals surface area contributed by atoms with Gasteiger partial charge >= 0.3 is 0 Å². The standard InChI is InChI=1S/C19H22N4O3/c24-18(14-4-5-14)21-15-6-7-17(20-13-15)22-8-2-9-23(11-10-22)19(25)16-3-1-12-26-16/h1,3,6-7,12-14H,2,4-5,8-11H2,(H,21,24). The molecule has 26 heavy (non-hydrogen) atoms. The van der Waals surface area contributed by atoms with Gasteiger partial charge in [0.05, 0.1) is 18.1 Å². The number of carbonyl (C=O) groups excluding carboxylic acids is 2. The third-order valence-corrected chi connectivity index (χ3v) is 4.80. The summed E-state index contributed by atoms with van der Waals surface area (Å²) in [6.45, 7) is 2.88. The second-order valence-electron chi connectivity index (χ2n) is 6.78. The lowest BCUT2D eigenvalue weighted by Crippen LogP contribution is -2.35. The summed E-state index contributed by atoms with van der Waals surface area (Å²) in [5, 5.41) is 2.90. The van der Waals surface area contributed by atoms with E-state index in [1.807, 2.05) is 17.0 Å². The average molecular weight is 354 g/mol. The fourth-order valence-electron chi connectivity index (χ4n) is 3.14. The van der Waals surface area contributed by atoms with Crippen LogP contribution in [-0.2, 0) is 4.79 Å². The molecular weight excluding hydrogens is 332 g/mol. The predicted molar refractivity (Wildman–Crippen MR) is 97.0 cm³/mol. The quantitative estimate of drug-likeness (QED) is 0.912. The van der Waals surface area contributed by atoms with Crippen LogP contribution < -0.4 is 10.2 Å². The maximum atomic E-state index is 12.4. The molecule has 1 aliphatic heterocycles. The highest BCUT2D eigenvalue weighted by molar-refractivity contribution is 5.94. The molecule has 0 atom stereocenters. The Balaban J connectivity index is 1.36. The maximum absolute atomic E-state index is 12.4. The molecule has 0 radical (unpaired) electrons. The Morgan fingerprint density at radius 1 is 1.12 bits per heavy atom. The van der Waals surface area contributed by atoms with E-state index in [4.69, 9.17) is 4.42 Å². The van der Waals surface area contributed by atoms with Gasteiger partial charge in [-0.2, -0.15) is 0 Å². The van der Waals surface area contributed by atoms with E-state index >= 15 is 0 Å². The zero-order chi connectivity index (χ0) is 17.9. The molecule has 7 nitrogen and oxygen atoms in total. The van der Waals surface area contributed by atoms with Gasteiger partial charge in [-0.05, 0) is 43.5 Å². The molecule has 0 spiro atoms. The minimum Gasteiger partial charge on any atom is -0.459 e. The lowest BCUT2D eigenvalue weighted by Gasteiger charge is -2.22. The average Bonchev–Trinajstić information content (AvgIpc) is 3.42. The van der Waals surface area contributed by atoms with Crippen LogP contribution in [0.1, 0.15) is 29.8 Å². The highest BCUT2D eigenvalue weighted by Crippen LogP contribution is 2.30. The van der Waals surface area contributed by atoms with E-state index in [1.165, 1.54) is 6.26 Å². The molecule has 2 fully saturated rings. The van der Waals surface area contributed by atoms with Gasteiger partial charge in [-0.25, -0.2) is 4.98 Å². The van der Waals surface area contributed by atoms with Gasteiger partial charge in [0.15, 0.2) is 5.76 Å². The van der Waals surface area contributed by atoms with Crippen molar-refractivity contribution < 1.29 is 14.0 Å². The van der Waals surface area contributed by atoms with Crippen molar-refractivity contribution in [3.63, 3.8) is 0 Å². The van der Waals surface area contributed by atoms with Crippen LogP contribution in [0.15, 0.2) is 41.1 Å². The molecule has 0 unspecified atom stereocenters. The van der Waals surface area contributed by atoms with E-state index < -0.39 is 0 Å². The predicted octanol–water partition coefficient (Wildman–Crippen LogP) is 2.38. The third kappa shape index (κ3) is 3.71. The summed E-state index contributed by atoms with van der Waals surface area (Å²) in [5.74, 6) is 1.44. The topological polar surface area (TPSA) is 78.7 Å². The Labute approximate surface area is 152 Å². The molecule has 2 aromatic heterocycles. The molecule has 1 saturated carbocycles. The van der Waals surface area contributed by atoms with Crippen molar-refractivity contribution in [3.05, 3.63) is 42.5 Å². The van der Waals surface area contributed by atoms with Crippen molar-refractivity contribution in [1.82, 2.24) is 9.88 Å². The zero-order valence-corrected chi connectivity index (χ0v) is 14.6. The van der Waals surface area contributed by atoms with Crippen molar-refractivity contribution in [1.29, 1.82) is 0 Å². The second kappa shape index (κ2) is 7.19. The lowest BCUT2D eigenvalue weighted by atomic mass is 10.3. The Kier molecular flexibility index (Phi) is 4.60. The van der Waals surface area contributed by atoms with Gasteiger partial charge in [0, 0.05) is 32.1 Å². The minimum absolute atomic E-state index is 0.0667. The number of pyridine rings is 1. The van der Waals surface area contributed by atoms with Crippen molar-refractivity contribution >= 4 is 23.3 Å². The SMILES string of the molecule is O=C(Nc1ccc(N2CCCN(C(=O)c3ccco3)CC2)nc1)C1CC1. The first-order chi connectivity index (χ1) is 12.7. The summed E-state index contributed by atoms with van der Waals surface area (Å²) in [6, 6.07) is 7.23. The fraction of sp³-hybridized carbons (Fsp3) is 0.421. The van der Waals surface area contributed by atoms with Gasteiger partial charge in [0.1, 0.15) is 5.82 Å². The van der Waals surface area contributed by atoms with Gasteiger partial charge in [-0.3, -0.25) is 9.59 Å². The van der Waals surface area contributed by atoms with Crippen LogP contribution in [0, 0.1) is 5.92 Å². The molecule has 0 aromatic carbocycles. The summed E-state index contributed by atoms with van der Waals surface area (Å²) in [4.78, 5) is 32.7. The molecule has 2 aromatic rings. The molecule has 1 aliphatic carbocycles. The zero-order valence-electron chi connectivity index (χ0n) is 14.6. The van der Waals surface area contributed by atoms with Gasteiger partial charge in [0.2, 0.25) is 5.91 Å². The molecule has 1 N–H and O–H groups in total. The highest BCUT2D eigenvalue weighted by Gasteiger charge is 2.29. The van der Waals surface area contributed by atoms with Crippen molar-refractivity contribution in [2.24, 2.45) is 5.92 Å². The number of amides is 2. The number of carbonyl (C=O) groups is 2. The number of aromatic nitrogens is 1. The monoisotopic (exact) mass is 354 g/mol. The Bertz CT molecular complexity index is 769. The normalized spacial score (nSPS) is 17.7. The summed E-state index contributed by atoms with van der Waals surface area (Å²) in [6.07, 6.45) is 6.06. The molecule has 1 saturated heterocycles. The van der Waals surface area contributed by atoms with E-state index in [-0.39, 0.29) is 17.7 Å². The van der Waals surface area contributed by atoms with Gasteiger partial charge in [-0.1, -0.05) is 0 Å². The van der Waals surface area contributed by atoms with E-state index in [2.05, 4.69) is 15.2 Å². The number of nitrogens with zero attached hydrogens (tertiary/aromatic N) is 3. The van der Waals surface area contributed by atoms with Crippen LogP contribution in [0.3, 0.4) is 0 Å². The molecule has 4 rings (SSSR count). The fourth-order valence-corrected chi connectivity index (χ4v) is 3.14. The number of hydrogen-bond acceptors (Lipinski definition) is 5. The number of hydrogen-bond donors (Lipinski definition) is 1. The summed E-state index contributed by atoms with van der Waals surface area (Å²) in [7, 11) is 0. The summed E-state index contributed by atoms with van der Waals surface area (Å²) in [5.41, 5.74) is 0.732. The Morgan fingerprint density at radius 3 is 2.69 bits per heavy atom. The van der Waals surface area contributed by atoms with Gasteiger partial charge in [0.25, 0.3) is 5.91 Å². The third-order valence-electron chi connectivity index (χ3n) is 4.80. The molecular formula is C19H22N4O3. The number of nitrogens with one attached hydrogen (secondary N) is 1. The number of furan rings is 1. The minimum atomic E-state index is -0.0667. The molecule has 3 heterocycles. The maximum Gasteiger partial charge on any atom is 0.289 e. The molecule has 0 bridgehead atoms. The van der Waals surface area contributed by atoms with Crippen molar-refractivity contribution in [2.45, 2.75) is 19.3 Å². The first-order valence-corrected chi connectivity index (χ1v) is 9.05. The van der Waals surface area contributed by atoms with Crippen LogP contribution in [0.25, 0.3) is 0 Å². The van der Waals surface area contributed by atoms with E-state index in [0.29, 0.717) is 25.4 Å². The van der Waals surface area contributed by atoms with Crippen LogP contribution >= 0.6 is 0 Å². The van der Waals surface area contributed by atoms with Crippen LogP contribution in [0.2, 0.25) is 0 Å². The summed E-state index contributed by atoms with van der Waals surface area (Å²) >= 11 is 0. The van der Waals surface area contributed by atoms with E-state index in [1.54, 1.807) is 18.3 Å². The molecule has 136 valence electrons. The Hall–Kier alpha value is -2.83. The lowest BCUT2D eigenvalue weighted by molar-refractivity contribution is -0.117. The van der Waals surface area contributed by atoms with E-state index in [0.717, 1.165) is 37.3 Å². The van der Waals surface area contributed by atoms with Crippen molar-refractivity contribution in [2.75, 3.05) is 36.4 Å². The van der Waals surface area contributed by atoms with Crippen LogP contribution in [0.4, 0.5) is 11.5 Å². The smallest absolute Gasteiger partial charge is 0.289 e. The molecule has 2 amide bonds. The first-order valence-electron chi connectivity index (χ1n) is 9.05. The molecule has 7 heteroatoms. The Morgan fingerprint density at radius 2 is 2.00 bits per heavy atom. The number of rotatable bonds is 4. The van der Waals surface area contributed by atoms with E-state index in [9.17, 15) is 9.59 Å². The largest absolute Gasteiger partial charge is 0.459 e. The summed E-state index contributed by atoms with van der Waals surface area (Å²) < 4.78 is 5.22. The number of anilines is 2. The van der Waals surface area contributed by atoms with Crippen LogP contribution in [0.5, 0.6) is 0 Å². The van der Waals surface area contributed by atoms with Gasteiger partial charge < -0.3 is 19.5 Å². The highest BCUT2D eigenvalue weighted by atomic mass is 16.3.